The standard InChI is InChI=1S/C23H24N2O3S/c1-16(2)25(14-18-10-6-4-7-11-18)20(26)15-28-23(27)22-21(24-17(3)29-22)19-12-8-5-9-13-19/h4-13,16H,14-15H2,1-3H3. The maximum atomic E-state index is 12.7. The first-order valence-corrected chi connectivity index (χ1v) is 10.3. The molecule has 0 fully saturated rings. The van der Waals surface area contributed by atoms with E-state index in [-0.39, 0.29) is 18.6 Å². The molecule has 0 saturated heterocycles. The van der Waals surface area contributed by atoms with Crippen LogP contribution in [-0.4, -0.2) is 34.4 Å². The SMILES string of the molecule is Cc1nc(-c2ccccc2)c(C(=O)OCC(=O)N(Cc2ccccc2)C(C)C)s1. The van der Waals surface area contributed by atoms with E-state index in [0.29, 0.717) is 17.1 Å². The van der Waals surface area contributed by atoms with Crippen LogP contribution in [0.3, 0.4) is 0 Å². The molecule has 150 valence electrons. The number of hydrogen-bond donors (Lipinski definition) is 0. The predicted octanol–water partition coefficient (Wildman–Crippen LogP) is 4.71. The summed E-state index contributed by atoms with van der Waals surface area (Å²) in [5, 5.41) is 0.773. The zero-order chi connectivity index (χ0) is 20.8. The molecule has 0 saturated carbocycles. The number of carbonyl (C=O) groups is 2. The van der Waals surface area contributed by atoms with Crippen LogP contribution in [0.5, 0.6) is 0 Å². The lowest BCUT2D eigenvalue weighted by atomic mass is 10.1. The van der Waals surface area contributed by atoms with Gasteiger partial charge in [-0.2, -0.15) is 0 Å². The summed E-state index contributed by atoms with van der Waals surface area (Å²) in [7, 11) is 0. The Morgan fingerprint density at radius 1 is 1.03 bits per heavy atom. The van der Waals surface area contributed by atoms with E-state index in [1.54, 1.807) is 4.90 Å². The molecule has 1 heterocycles. The van der Waals surface area contributed by atoms with E-state index in [1.165, 1.54) is 11.3 Å². The number of amides is 1. The Hall–Kier alpha value is -2.99. The minimum atomic E-state index is -0.522. The minimum absolute atomic E-state index is 0.00747. The summed E-state index contributed by atoms with van der Waals surface area (Å²) >= 11 is 1.28. The zero-order valence-corrected chi connectivity index (χ0v) is 17.6. The molecule has 0 bridgehead atoms. The molecule has 29 heavy (non-hydrogen) atoms. The molecule has 6 heteroatoms. The summed E-state index contributed by atoms with van der Waals surface area (Å²) < 4.78 is 5.37. The van der Waals surface area contributed by atoms with Gasteiger partial charge in [-0.3, -0.25) is 4.79 Å². The van der Waals surface area contributed by atoms with E-state index >= 15 is 0 Å². The molecule has 0 aliphatic rings. The Balaban J connectivity index is 1.69. The summed E-state index contributed by atoms with van der Waals surface area (Å²) in [6, 6.07) is 19.3. The third-order valence-electron chi connectivity index (χ3n) is 4.43. The van der Waals surface area contributed by atoms with Gasteiger partial charge in [0.25, 0.3) is 5.91 Å². The molecule has 0 N–H and O–H groups in total. The second kappa shape index (κ2) is 9.47. The van der Waals surface area contributed by atoms with E-state index < -0.39 is 5.97 Å². The van der Waals surface area contributed by atoms with Gasteiger partial charge in [0.1, 0.15) is 4.88 Å². The van der Waals surface area contributed by atoms with E-state index in [0.717, 1.165) is 16.1 Å². The van der Waals surface area contributed by atoms with Gasteiger partial charge in [0.2, 0.25) is 0 Å². The molecule has 3 rings (SSSR count). The van der Waals surface area contributed by atoms with E-state index in [9.17, 15) is 9.59 Å². The molecule has 0 atom stereocenters. The van der Waals surface area contributed by atoms with Crippen LogP contribution in [-0.2, 0) is 16.1 Å². The second-order valence-corrected chi connectivity index (χ2v) is 8.16. The fourth-order valence-corrected chi connectivity index (χ4v) is 3.81. The summed E-state index contributed by atoms with van der Waals surface area (Å²) in [5.41, 5.74) is 2.48. The van der Waals surface area contributed by atoms with Gasteiger partial charge in [0.05, 0.1) is 10.7 Å². The average Bonchev–Trinajstić information content (AvgIpc) is 3.13. The fourth-order valence-electron chi connectivity index (χ4n) is 2.97. The van der Waals surface area contributed by atoms with Gasteiger partial charge in [-0.1, -0.05) is 60.7 Å². The van der Waals surface area contributed by atoms with E-state index in [2.05, 4.69) is 4.98 Å². The molecular weight excluding hydrogens is 384 g/mol. The number of hydrogen-bond acceptors (Lipinski definition) is 5. The van der Waals surface area contributed by atoms with Gasteiger partial charge in [-0.05, 0) is 26.3 Å². The van der Waals surface area contributed by atoms with Crippen molar-refractivity contribution in [3.8, 4) is 11.3 Å². The van der Waals surface area contributed by atoms with E-state index in [4.69, 9.17) is 4.74 Å². The number of rotatable bonds is 7. The number of aryl methyl sites for hydroxylation is 1. The molecule has 1 amide bonds. The first-order chi connectivity index (χ1) is 14.0. The third kappa shape index (κ3) is 5.29. The van der Waals surface area contributed by atoms with Crippen molar-refractivity contribution >= 4 is 23.2 Å². The van der Waals surface area contributed by atoms with Crippen molar-refractivity contribution in [2.24, 2.45) is 0 Å². The lowest BCUT2D eigenvalue weighted by molar-refractivity contribution is -0.136. The van der Waals surface area contributed by atoms with Gasteiger partial charge >= 0.3 is 5.97 Å². The topological polar surface area (TPSA) is 59.5 Å². The third-order valence-corrected chi connectivity index (χ3v) is 5.38. The predicted molar refractivity (Wildman–Crippen MR) is 115 cm³/mol. The van der Waals surface area contributed by atoms with Crippen molar-refractivity contribution in [1.29, 1.82) is 0 Å². The van der Waals surface area contributed by atoms with Crippen LogP contribution in [0.4, 0.5) is 0 Å². The van der Waals surface area contributed by atoms with Crippen LogP contribution in [0.15, 0.2) is 60.7 Å². The first kappa shape index (κ1) is 20.7. The largest absolute Gasteiger partial charge is 0.451 e. The zero-order valence-electron chi connectivity index (χ0n) is 16.8. The minimum Gasteiger partial charge on any atom is -0.451 e. The number of esters is 1. The normalized spacial score (nSPS) is 10.8. The van der Waals surface area contributed by atoms with Gasteiger partial charge < -0.3 is 9.64 Å². The Morgan fingerprint density at radius 2 is 1.66 bits per heavy atom. The second-order valence-electron chi connectivity index (χ2n) is 6.95. The quantitative estimate of drug-likeness (QED) is 0.531. The summed E-state index contributed by atoms with van der Waals surface area (Å²) in [4.78, 5) is 32.0. The van der Waals surface area contributed by atoms with Crippen LogP contribution in [0.1, 0.15) is 34.1 Å². The number of nitrogens with zero attached hydrogens (tertiary/aromatic N) is 2. The highest BCUT2D eigenvalue weighted by atomic mass is 32.1. The number of benzene rings is 2. The lowest BCUT2D eigenvalue weighted by Gasteiger charge is -2.26. The molecule has 0 aliphatic carbocycles. The number of aromatic nitrogens is 1. The molecule has 0 aliphatic heterocycles. The van der Waals surface area contributed by atoms with Crippen LogP contribution in [0.25, 0.3) is 11.3 Å². The Bertz CT molecular complexity index is 968. The van der Waals surface area contributed by atoms with Gasteiger partial charge in [-0.25, -0.2) is 9.78 Å². The molecule has 1 aromatic heterocycles. The molecule has 0 spiro atoms. The van der Waals surface area contributed by atoms with Crippen LogP contribution < -0.4 is 0 Å². The van der Waals surface area contributed by atoms with Crippen LogP contribution >= 0.6 is 11.3 Å². The lowest BCUT2D eigenvalue weighted by Crippen LogP contribution is -2.39. The van der Waals surface area contributed by atoms with Crippen molar-refractivity contribution in [3.63, 3.8) is 0 Å². The average molecular weight is 409 g/mol. The maximum absolute atomic E-state index is 12.7. The van der Waals surface area contributed by atoms with Gasteiger partial charge in [0.15, 0.2) is 6.61 Å². The molecular formula is C23H24N2O3S. The smallest absolute Gasteiger partial charge is 0.351 e. The molecule has 5 nitrogen and oxygen atoms in total. The maximum Gasteiger partial charge on any atom is 0.351 e. The molecule has 2 aromatic carbocycles. The molecule has 3 aromatic rings. The van der Waals surface area contributed by atoms with Crippen molar-refractivity contribution < 1.29 is 14.3 Å². The van der Waals surface area contributed by atoms with Gasteiger partial charge in [-0.15, -0.1) is 11.3 Å². The monoisotopic (exact) mass is 408 g/mol. The highest BCUT2D eigenvalue weighted by Gasteiger charge is 2.23. The highest BCUT2D eigenvalue weighted by molar-refractivity contribution is 7.14. The van der Waals surface area contributed by atoms with Crippen LogP contribution in [0.2, 0.25) is 0 Å². The number of ether oxygens (including phenoxy) is 1. The highest BCUT2D eigenvalue weighted by Crippen LogP contribution is 2.28. The summed E-state index contributed by atoms with van der Waals surface area (Å²) in [6.07, 6.45) is 0. The summed E-state index contributed by atoms with van der Waals surface area (Å²) in [6.45, 7) is 5.92. The van der Waals surface area contributed by atoms with Crippen molar-refractivity contribution in [2.75, 3.05) is 6.61 Å². The Kier molecular flexibility index (Phi) is 6.77. The number of thiazole rings is 1. The van der Waals surface area contributed by atoms with E-state index in [1.807, 2.05) is 81.4 Å². The van der Waals surface area contributed by atoms with Crippen LogP contribution in [0, 0.1) is 6.92 Å². The summed E-state index contributed by atoms with van der Waals surface area (Å²) in [5.74, 6) is -0.745. The molecule has 0 unspecified atom stereocenters. The Labute approximate surface area is 175 Å². The number of carbonyl (C=O) groups excluding carboxylic acids is 2. The molecule has 0 radical (unpaired) electrons. The van der Waals surface area contributed by atoms with Crippen molar-refractivity contribution in [1.82, 2.24) is 9.88 Å². The van der Waals surface area contributed by atoms with Crippen molar-refractivity contribution in [3.05, 3.63) is 76.1 Å². The fraction of sp³-hybridized carbons (Fsp3) is 0.261. The van der Waals surface area contributed by atoms with Crippen molar-refractivity contribution in [2.45, 2.75) is 33.4 Å². The Morgan fingerprint density at radius 3 is 2.28 bits per heavy atom. The van der Waals surface area contributed by atoms with Gasteiger partial charge in [0, 0.05) is 18.2 Å². The first-order valence-electron chi connectivity index (χ1n) is 9.49.